The van der Waals surface area contributed by atoms with Crippen molar-refractivity contribution in [3.05, 3.63) is 0 Å². The van der Waals surface area contributed by atoms with Gasteiger partial charge in [-0.2, -0.15) is 0 Å². The number of nitrogens with one attached hydrogen (secondary N) is 1. The summed E-state index contributed by atoms with van der Waals surface area (Å²) in [6, 6.07) is 0. The van der Waals surface area contributed by atoms with E-state index in [9.17, 15) is 4.79 Å². The number of carbonyl (C=O) groups excluding carboxylic acids is 1. The molecule has 156 valence electrons. The van der Waals surface area contributed by atoms with Crippen LogP contribution in [0.2, 0.25) is 0 Å². The van der Waals surface area contributed by atoms with Gasteiger partial charge in [-0.15, -0.1) is 0 Å². The zero-order valence-electron chi connectivity index (χ0n) is 17.5. The van der Waals surface area contributed by atoms with Gasteiger partial charge in [0, 0.05) is 26.1 Å². The number of hydrogen-bond acceptors (Lipinski definition) is 4. The molecule has 0 aliphatic carbocycles. The van der Waals surface area contributed by atoms with Crippen molar-refractivity contribution in [2.24, 2.45) is 5.73 Å². The van der Waals surface area contributed by atoms with Gasteiger partial charge in [-0.25, -0.2) is 0 Å². The monoisotopic (exact) mass is 370 g/mol. The quantitative estimate of drug-likeness (QED) is 0.211. The van der Waals surface area contributed by atoms with Crippen LogP contribution in [-0.2, 0) is 9.53 Å². The van der Waals surface area contributed by atoms with Crippen LogP contribution < -0.4 is 11.1 Å². The van der Waals surface area contributed by atoms with E-state index in [0.29, 0.717) is 26.1 Å². The molecule has 3 N–H and O–H groups in total. The Kier molecular flexibility index (Phi) is 21.9. The maximum absolute atomic E-state index is 11.5. The molecule has 0 rings (SSSR count). The summed E-state index contributed by atoms with van der Waals surface area (Å²) in [4.78, 5) is 11.5. The fourth-order valence-corrected chi connectivity index (χ4v) is 3.18. The predicted octanol–water partition coefficient (Wildman–Crippen LogP) is 5.34. The number of unbranched alkanes of at least 4 members (excludes halogenated alkanes) is 14. The van der Waals surface area contributed by atoms with Crippen molar-refractivity contribution < 1.29 is 9.53 Å². The number of carbonyl (C=O) groups is 1. The van der Waals surface area contributed by atoms with Gasteiger partial charge in [0.2, 0.25) is 0 Å². The number of nitrogens with two attached hydrogens (primary N) is 1. The molecule has 0 heterocycles. The summed E-state index contributed by atoms with van der Waals surface area (Å²) in [7, 11) is 0. The molecular formula is C22H46N2O2. The van der Waals surface area contributed by atoms with E-state index >= 15 is 0 Å². The van der Waals surface area contributed by atoms with Gasteiger partial charge >= 0.3 is 5.97 Å². The van der Waals surface area contributed by atoms with Gasteiger partial charge in [-0.05, 0) is 6.42 Å². The smallest absolute Gasteiger partial charge is 0.305 e. The van der Waals surface area contributed by atoms with E-state index in [1.54, 1.807) is 0 Å². The van der Waals surface area contributed by atoms with Crippen LogP contribution in [0.25, 0.3) is 0 Å². The normalized spacial score (nSPS) is 11.0. The van der Waals surface area contributed by atoms with Crippen molar-refractivity contribution in [1.29, 1.82) is 0 Å². The van der Waals surface area contributed by atoms with Crippen molar-refractivity contribution in [1.82, 2.24) is 5.32 Å². The highest BCUT2D eigenvalue weighted by atomic mass is 16.5. The molecule has 0 aromatic rings. The van der Waals surface area contributed by atoms with Crippen LogP contribution in [0.1, 0.15) is 110 Å². The van der Waals surface area contributed by atoms with Crippen molar-refractivity contribution in [2.45, 2.75) is 110 Å². The summed E-state index contributed by atoms with van der Waals surface area (Å²) in [5.74, 6) is -0.0609. The van der Waals surface area contributed by atoms with Crippen LogP contribution in [0.15, 0.2) is 0 Å². The summed E-state index contributed by atoms with van der Waals surface area (Å²) in [5.41, 5.74) is 5.37. The zero-order chi connectivity index (χ0) is 19.1. The first-order valence-corrected chi connectivity index (χ1v) is 11.4. The topological polar surface area (TPSA) is 64.3 Å². The van der Waals surface area contributed by atoms with E-state index in [2.05, 4.69) is 12.2 Å². The third-order valence-electron chi connectivity index (χ3n) is 4.85. The summed E-state index contributed by atoms with van der Waals surface area (Å²) in [6.07, 6.45) is 20.7. The van der Waals surface area contributed by atoms with Crippen molar-refractivity contribution in [3.8, 4) is 0 Å². The Morgan fingerprint density at radius 3 is 1.65 bits per heavy atom. The summed E-state index contributed by atoms with van der Waals surface area (Å²) >= 11 is 0. The third-order valence-corrected chi connectivity index (χ3v) is 4.85. The molecule has 0 amide bonds. The highest BCUT2D eigenvalue weighted by Crippen LogP contribution is 2.13. The summed E-state index contributed by atoms with van der Waals surface area (Å²) in [5, 5.41) is 3.11. The van der Waals surface area contributed by atoms with Crippen LogP contribution in [0.3, 0.4) is 0 Å². The van der Waals surface area contributed by atoms with Gasteiger partial charge in [-0.3, -0.25) is 4.79 Å². The lowest BCUT2D eigenvalue weighted by Crippen LogP contribution is -2.26. The highest BCUT2D eigenvalue weighted by Gasteiger charge is 2.02. The van der Waals surface area contributed by atoms with Crippen molar-refractivity contribution in [3.63, 3.8) is 0 Å². The second kappa shape index (κ2) is 22.4. The molecule has 0 fully saturated rings. The second-order valence-corrected chi connectivity index (χ2v) is 7.46. The molecule has 0 radical (unpaired) electrons. The van der Waals surface area contributed by atoms with Crippen LogP contribution in [0.4, 0.5) is 0 Å². The zero-order valence-corrected chi connectivity index (χ0v) is 17.5. The molecule has 0 bridgehead atoms. The number of hydrogen-bond donors (Lipinski definition) is 2. The molecule has 26 heavy (non-hydrogen) atoms. The van der Waals surface area contributed by atoms with E-state index in [1.807, 2.05) is 0 Å². The van der Waals surface area contributed by atoms with Gasteiger partial charge in [0.05, 0.1) is 0 Å². The number of esters is 1. The summed E-state index contributed by atoms with van der Waals surface area (Å²) < 4.78 is 5.17. The first kappa shape index (κ1) is 25.4. The standard InChI is InChI=1S/C22H46N2O2/c1-2-3-4-5-6-7-8-9-10-11-12-13-14-15-16-17-22(25)26-21-20-24-19-18-23/h24H,2-21,23H2,1H3. The number of rotatable bonds is 21. The minimum atomic E-state index is -0.0609. The van der Waals surface area contributed by atoms with Crippen LogP contribution in [-0.4, -0.2) is 32.2 Å². The Morgan fingerprint density at radius 2 is 1.19 bits per heavy atom. The minimum Gasteiger partial charge on any atom is -0.464 e. The Bertz CT molecular complexity index is 285. The maximum atomic E-state index is 11.5. The van der Waals surface area contributed by atoms with Crippen molar-refractivity contribution in [2.75, 3.05) is 26.2 Å². The van der Waals surface area contributed by atoms with E-state index in [1.165, 1.54) is 83.5 Å². The van der Waals surface area contributed by atoms with Gasteiger partial charge < -0.3 is 15.8 Å². The average Bonchev–Trinajstić information content (AvgIpc) is 2.64. The fraction of sp³-hybridized carbons (Fsp3) is 0.955. The molecule has 0 atom stereocenters. The van der Waals surface area contributed by atoms with E-state index in [4.69, 9.17) is 10.5 Å². The first-order valence-electron chi connectivity index (χ1n) is 11.4. The molecule has 4 heteroatoms. The van der Waals surface area contributed by atoms with Crippen molar-refractivity contribution >= 4 is 5.97 Å². The minimum absolute atomic E-state index is 0.0609. The lowest BCUT2D eigenvalue weighted by atomic mass is 10.0. The molecule has 0 aromatic carbocycles. The van der Waals surface area contributed by atoms with Gasteiger partial charge in [0.1, 0.15) is 6.61 Å². The molecule has 4 nitrogen and oxygen atoms in total. The SMILES string of the molecule is CCCCCCCCCCCCCCCCCC(=O)OCCNCCN. The largest absolute Gasteiger partial charge is 0.464 e. The lowest BCUT2D eigenvalue weighted by molar-refractivity contribution is -0.143. The van der Waals surface area contributed by atoms with Gasteiger partial charge in [0.25, 0.3) is 0 Å². The third kappa shape index (κ3) is 21.4. The Balaban J connectivity index is 3.09. The molecule has 0 aliphatic rings. The number of ether oxygens (including phenoxy) is 1. The Morgan fingerprint density at radius 1 is 0.731 bits per heavy atom. The molecule has 0 saturated carbocycles. The van der Waals surface area contributed by atoms with Gasteiger partial charge in [-0.1, -0.05) is 96.8 Å². The first-order chi connectivity index (χ1) is 12.8. The Labute approximate surface area is 163 Å². The van der Waals surface area contributed by atoms with E-state index in [-0.39, 0.29) is 5.97 Å². The predicted molar refractivity (Wildman–Crippen MR) is 112 cm³/mol. The van der Waals surface area contributed by atoms with Crippen LogP contribution >= 0.6 is 0 Å². The maximum Gasteiger partial charge on any atom is 0.305 e. The Hall–Kier alpha value is -0.610. The molecule has 0 saturated heterocycles. The van der Waals surface area contributed by atoms with Crippen LogP contribution in [0.5, 0.6) is 0 Å². The van der Waals surface area contributed by atoms with E-state index < -0.39 is 0 Å². The molecule has 0 spiro atoms. The molecular weight excluding hydrogens is 324 g/mol. The molecule has 0 aromatic heterocycles. The fourth-order valence-electron chi connectivity index (χ4n) is 3.18. The molecule has 0 aliphatic heterocycles. The second-order valence-electron chi connectivity index (χ2n) is 7.46. The highest BCUT2D eigenvalue weighted by molar-refractivity contribution is 5.69. The molecule has 0 unspecified atom stereocenters. The summed E-state index contributed by atoms with van der Waals surface area (Å²) in [6.45, 7) is 4.82. The van der Waals surface area contributed by atoms with Gasteiger partial charge in [0.15, 0.2) is 0 Å². The van der Waals surface area contributed by atoms with E-state index in [0.717, 1.165) is 19.4 Å². The lowest BCUT2D eigenvalue weighted by Gasteiger charge is -2.06. The van der Waals surface area contributed by atoms with Crippen LogP contribution in [0, 0.1) is 0 Å². The average molecular weight is 371 g/mol.